The number of halogens is 3. The number of hydrogen-bond donors (Lipinski definition) is 6. The highest BCUT2D eigenvalue weighted by atomic mass is 32.2. The summed E-state index contributed by atoms with van der Waals surface area (Å²) in [6.07, 6.45) is -4.64. The monoisotopic (exact) mass is 689 g/mol. The molecule has 0 heterocycles. The van der Waals surface area contributed by atoms with Crippen LogP contribution < -0.4 is 16.0 Å². The van der Waals surface area contributed by atoms with Gasteiger partial charge in [0.2, 0.25) is 0 Å². The van der Waals surface area contributed by atoms with E-state index in [0.717, 1.165) is 24.3 Å². The van der Waals surface area contributed by atoms with Crippen LogP contribution >= 0.6 is 0 Å². The Labute approximate surface area is 252 Å². The van der Waals surface area contributed by atoms with Gasteiger partial charge >= 0.3 is 12.2 Å². The van der Waals surface area contributed by atoms with Gasteiger partial charge in [0.15, 0.2) is 0 Å². The number of fused-ring (bicyclic) bond motifs is 1. The Hall–Kier alpha value is -4.60. The highest BCUT2D eigenvalue weighted by Gasteiger charge is 2.30. The van der Waals surface area contributed by atoms with Gasteiger partial charge in [-0.05, 0) is 72.1 Å². The number of benzene rings is 4. The van der Waals surface area contributed by atoms with E-state index in [9.17, 15) is 61.7 Å². The summed E-state index contributed by atoms with van der Waals surface area (Å²) >= 11 is 0. The van der Waals surface area contributed by atoms with E-state index in [1.54, 1.807) is 0 Å². The summed E-state index contributed by atoms with van der Waals surface area (Å²) in [5.41, 5.74) is -1.88. The minimum atomic E-state index is -5.27. The first-order valence-electron chi connectivity index (χ1n) is 11.8. The Morgan fingerprint density at radius 3 is 1.73 bits per heavy atom. The largest absolute Gasteiger partial charge is 0.416 e. The van der Waals surface area contributed by atoms with Crippen LogP contribution in [-0.2, 0) is 36.5 Å². The fourth-order valence-electron chi connectivity index (χ4n) is 3.99. The molecule has 4 aromatic carbocycles. The summed E-state index contributed by atoms with van der Waals surface area (Å²) in [5, 5.41) is 5.62. The quantitative estimate of drug-likeness (QED) is 0.148. The lowest BCUT2D eigenvalue weighted by Crippen LogP contribution is -2.20. The van der Waals surface area contributed by atoms with Crippen molar-refractivity contribution in [1.82, 2.24) is 0 Å². The van der Waals surface area contributed by atoms with Crippen molar-refractivity contribution in [2.24, 2.45) is 0 Å². The van der Waals surface area contributed by atoms with E-state index < -0.39 is 85.2 Å². The topological polar surface area (TPSA) is 233 Å². The first-order valence-corrected chi connectivity index (χ1v) is 16.2. The predicted octanol–water partition coefficient (Wildman–Crippen LogP) is 4.50. The van der Waals surface area contributed by atoms with Gasteiger partial charge in [-0.25, -0.2) is 4.79 Å². The van der Waals surface area contributed by atoms with Gasteiger partial charge in [-0.1, -0.05) is 6.07 Å². The third-order valence-electron chi connectivity index (χ3n) is 5.93. The van der Waals surface area contributed by atoms with Crippen LogP contribution in [0.5, 0.6) is 0 Å². The third kappa shape index (κ3) is 7.92. The zero-order valence-electron chi connectivity index (χ0n) is 21.9. The number of nitrogens with one attached hydrogen (secondary N) is 3. The van der Waals surface area contributed by atoms with Gasteiger partial charge < -0.3 is 16.0 Å². The summed E-state index contributed by atoms with van der Waals surface area (Å²) in [6, 6.07) is 9.86. The number of carbonyl (C=O) groups is 2. The number of rotatable bonds is 7. The van der Waals surface area contributed by atoms with Crippen LogP contribution in [0.25, 0.3) is 10.8 Å². The lowest BCUT2D eigenvalue weighted by molar-refractivity contribution is -0.137. The van der Waals surface area contributed by atoms with Crippen molar-refractivity contribution < 1.29 is 61.7 Å². The fourth-order valence-corrected chi connectivity index (χ4v) is 5.91. The molecule has 14 nitrogen and oxygen atoms in total. The number of amides is 3. The molecule has 0 unspecified atom stereocenters. The van der Waals surface area contributed by atoms with E-state index in [1.165, 1.54) is 18.2 Å². The van der Waals surface area contributed by atoms with Crippen LogP contribution in [0.15, 0.2) is 87.5 Å². The van der Waals surface area contributed by atoms with Gasteiger partial charge in [0, 0.05) is 22.3 Å². The van der Waals surface area contributed by atoms with Crippen LogP contribution in [0.3, 0.4) is 0 Å². The molecule has 0 spiro atoms. The molecule has 0 atom stereocenters. The number of hydrogen-bond acceptors (Lipinski definition) is 8. The van der Waals surface area contributed by atoms with Crippen molar-refractivity contribution in [2.75, 3.05) is 16.0 Å². The Kier molecular flexibility index (Phi) is 8.67. The second-order valence-electron chi connectivity index (χ2n) is 9.10. The molecular weight excluding hydrogens is 671 g/mol. The molecule has 6 N–H and O–H groups in total. The number of alkyl halides is 3. The van der Waals surface area contributed by atoms with Gasteiger partial charge in [-0.3, -0.25) is 18.5 Å². The molecule has 20 heteroatoms. The summed E-state index contributed by atoms with van der Waals surface area (Å²) in [4.78, 5) is 22.2. The van der Waals surface area contributed by atoms with Crippen molar-refractivity contribution >= 4 is 70.1 Å². The lowest BCUT2D eigenvalue weighted by atomic mass is 10.1. The third-order valence-corrected chi connectivity index (χ3v) is 8.48. The molecule has 0 aliphatic heterocycles. The summed E-state index contributed by atoms with van der Waals surface area (Å²) in [6.45, 7) is 0. The van der Waals surface area contributed by atoms with Crippen LogP contribution in [0.1, 0.15) is 15.9 Å². The van der Waals surface area contributed by atoms with Crippen molar-refractivity contribution in [1.29, 1.82) is 0 Å². The predicted molar refractivity (Wildman–Crippen MR) is 152 cm³/mol. The van der Waals surface area contributed by atoms with Gasteiger partial charge in [0.05, 0.1) is 21.0 Å². The minimum absolute atomic E-state index is 0.0706. The molecule has 45 heavy (non-hydrogen) atoms. The molecule has 0 aliphatic rings. The van der Waals surface area contributed by atoms with Crippen LogP contribution in [0.2, 0.25) is 0 Å². The van der Waals surface area contributed by atoms with E-state index in [2.05, 4.69) is 16.0 Å². The summed E-state index contributed by atoms with van der Waals surface area (Å²) in [5.74, 6) is -1.02. The second kappa shape index (κ2) is 11.7. The van der Waals surface area contributed by atoms with Crippen molar-refractivity contribution in [3.05, 3.63) is 83.9 Å². The molecule has 0 aliphatic carbocycles. The standard InChI is InChI=1S/C25H18F3N3O11S3/c26-25(27,28)15-2-1-3-17(10-15)30-24(33)29-16-6-4-13(5-7-16)23(32)31-20-11-18(43(34,35)36)8-14-9-19(44(37,38)39)12-21(22(14)20)45(40,41)42/h1-12H,(H,31,32)(H2,29,30,33)(H,34,35,36)(H,37,38,39)(H,40,41,42). The maximum absolute atomic E-state index is 13.0. The van der Waals surface area contributed by atoms with Crippen LogP contribution in [0, 0.1) is 0 Å². The molecule has 0 saturated heterocycles. The smallest absolute Gasteiger partial charge is 0.321 e. The normalized spacial score (nSPS) is 12.5. The Balaban J connectivity index is 1.65. The lowest BCUT2D eigenvalue weighted by Gasteiger charge is -2.15. The van der Waals surface area contributed by atoms with Crippen molar-refractivity contribution in [2.45, 2.75) is 20.9 Å². The second-order valence-corrected chi connectivity index (χ2v) is 13.3. The molecule has 4 aromatic rings. The molecule has 4 rings (SSSR count). The maximum atomic E-state index is 13.0. The molecule has 238 valence electrons. The first-order chi connectivity index (χ1) is 20.6. The molecule has 0 saturated carbocycles. The SMILES string of the molecule is O=C(Nc1ccc(C(=O)Nc2cc(S(=O)(=O)O)cc3cc(S(=O)(=O)O)cc(S(=O)(=O)O)c23)cc1)Nc1cccc(C(F)(F)F)c1. The minimum Gasteiger partial charge on any atom is -0.321 e. The average Bonchev–Trinajstić information content (AvgIpc) is 2.90. The molecule has 0 radical (unpaired) electrons. The van der Waals surface area contributed by atoms with Crippen LogP contribution in [0.4, 0.5) is 35.0 Å². The number of anilines is 3. The fraction of sp³-hybridized carbons (Fsp3) is 0.0400. The average molecular weight is 690 g/mol. The molecule has 0 aromatic heterocycles. The van der Waals surface area contributed by atoms with Gasteiger partial charge in [-0.15, -0.1) is 0 Å². The summed E-state index contributed by atoms with van der Waals surface area (Å²) < 4.78 is 139. The van der Waals surface area contributed by atoms with Crippen LogP contribution in [-0.4, -0.2) is 50.8 Å². The zero-order chi connectivity index (χ0) is 33.5. The van der Waals surface area contributed by atoms with Gasteiger partial charge in [-0.2, -0.15) is 38.4 Å². The molecular formula is C25H18F3N3O11S3. The number of urea groups is 1. The first kappa shape index (κ1) is 33.3. The van der Waals surface area contributed by atoms with E-state index in [0.29, 0.717) is 30.3 Å². The van der Waals surface area contributed by atoms with Gasteiger partial charge in [0.25, 0.3) is 36.3 Å². The Bertz CT molecular complexity index is 2180. The Morgan fingerprint density at radius 1 is 0.644 bits per heavy atom. The van der Waals surface area contributed by atoms with Crippen molar-refractivity contribution in [3.63, 3.8) is 0 Å². The highest BCUT2D eigenvalue weighted by Crippen LogP contribution is 2.36. The molecule has 0 fully saturated rings. The summed E-state index contributed by atoms with van der Waals surface area (Å²) in [7, 11) is -15.4. The molecule has 3 amide bonds. The van der Waals surface area contributed by atoms with E-state index in [-0.39, 0.29) is 16.9 Å². The zero-order valence-corrected chi connectivity index (χ0v) is 24.3. The highest BCUT2D eigenvalue weighted by molar-refractivity contribution is 7.87. The molecule has 0 bridgehead atoms. The number of carbonyl (C=O) groups excluding carboxylic acids is 2. The van der Waals surface area contributed by atoms with E-state index in [1.807, 2.05) is 0 Å². The van der Waals surface area contributed by atoms with E-state index >= 15 is 0 Å². The maximum Gasteiger partial charge on any atom is 0.416 e. The van der Waals surface area contributed by atoms with E-state index in [4.69, 9.17) is 0 Å². The Morgan fingerprint density at radius 2 is 1.20 bits per heavy atom. The van der Waals surface area contributed by atoms with Gasteiger partial charge in [0.1, 0.15) is 4.90 Å². The van der Waals surface area contributed by atoms with Crippen molar-refractivity contribution in [3.8, 4) is 0 Å².